The summed E-state index contributed by atoms with van der Waals surface area (Å²) in [6, 6.07) is 17.0. The fourth-order valence-corrected chi connectivity index (χ4v) is 7.12. The summed E-state index contributed by atoms with van der Waals surface area (Å²) in [5.41, 5.74) is 4.43. The van der Waals surface area contributed by atoms with Crippen LogP contribution in [-0.4, -0.2) is 16.3 Å². The van der Waals surface area contributed by atoms with Crippen LogP contribution in [0.2, 0.25) is 0 Å². The van der Waals surface area contributed by atoms with Gasteiger partial charge in [-0.05, 0) is 89.5 Å². The monoisotopic (exact) mass is 362 g/mol. The molecule has 0 saturated heterocycles. The van der Waals surface area contributed by atoms with Crippen molar-refractivity contribution in [2.45, 2.75) is 57.5 Å². The Morgan fingerprint density at radius 3 is 2.59 bits per heavy atom. The zero-order chi connectivity index (χ0) is 18.8. The summed E-state index contributed by atoms with van der Waals surface area (Å²) in [6.07, 6.45) is 4.16. The zero-order valence-electron chi connectivity index (χ0n) is 16.3. The van der Waals surface area contributed by atoms with E-state index in [-0.39, 0.29) is 11.5 Å². The number of benzene rings is 2. The third-order valence-electron chi connectivity index (χ3n) is 8.22. The van der Waals surface area contributed by atoms with Crippen LogP contribution in [0, 0.1) is 23.2 Å². The summed E-state index contributed by atoms with van der Waals surface area (Å²) >= 11 is 0. The first-order valence-corrected chi connectivity index (χ1v) is 10.5. The van der Waals surface area contributed by atoms with E-state index in [2.05, 4.69) is 50.2 Å². The molecule has 2 aromatic rings. The third kappa shape index (κ3) is 2.56. The molecule has 0 unspecified atom stereocenters. The second-order valence-electron chi connectivity index (χ2n) is 9.64. The molecule has 0 aliphatic heterocycles. The normalized spacial score (nSPS) is 40.1. The summed E-state index contributed by atoms with van der Waals surface area (Å²) in [7, 11) is 0. The molecule has 7 atom stereocenters. The molecular formula is C25H30O2. The topological polar surface area (TPSA) is 40.5 Å². The Morgan fingerprint density at radius 2 is 1.81 bits per heavy atom. The van der Waals surface area contributed by atoms with Gasteiger partial charge in [-0.15, -0.1) is 0 Å². The van der Waals surface area contributed by atoms with Crippen LogP contribution in [0.5, 0.6) is 5.75 Å². The van der Waals surface area contributed by atoms with Gasteiger partial charge in [0.05, 0.1) is 6.10 Å². The lowest BCUT2D eigenvalue weighted by Crippen LogP contribution is -2.45. The van der Waals surface area contributed by atoms with Crippen molar-refractivity contribution in [3.05, 3.63) is 65.2 Å². The Balaban J connectivity index is 1.66. The number of hydrogen-bond acceptors (Lipinski definition) is 2. The Hall–Kier alpha value is -1.80. The highest BCUT2D eigenvalue weighted by Crippen LogP contribution is 2.65. The predicted molar refractivity (Wildman–Crippen MR) is 108 cm³/mol. The molecular weight excluding hydrogens is 332 g/mol. The fraction of sp³-hybridized carbons (Fsp3) is 0.520. The highest BCUT2D eigenvalue weighted by Gasteiger charge is 2.58. The summed E-state index contributed by atoms with van der Waals surface area (Å²) in [5.74, 6) is 2.85. The molecule has 0 heterocycles. The van der Waals surface area contributed by atoms with Crippen LogP contribution in [0.3, 0.4) is 0 Å². The summed E-state index contributed by atoms with van der Waals surface area (Å²) in [5, 5.41) is 20.8. The predicted octanol–water partition coefficient (Wildman–Crippen LogP) is 5.25. The lowest BCUT2D eigenvalue weighted by atomic mass is 9.51. The molecule has 2 aromatic carbocycles. The number of rotatable bonds is 1. The number of phenolic OH excluding ortho intramolecular Hbond substituents is 1. The second-order valence-corrected chi connectivity index (χ2v) is 9.64. The maximum atomic E-state index is 10.7. The molecule has 0 amide bonds. The van der Waals surface area contributed by atoms with E-state index in [9.17, 15) is 10.2 Å². The fourth-order valence-electron chi connectivity index (χ4n) is 7.12. The van der Waals surface area contributed by atoms with E-state index in [4.69, 9.17) is 0 Å². The standard InChI is InChI=1S/C25H30O2/c1-15-22(27)14-25(2)11-10-20-19-9-8-18(26)12-17(19)13-21(23(20)24(15)25)16-6-4-3-5-7-16/h3-9,12,15,20-24,26-27H,10-11,13-14H2,1-2H3/t15-,20-,21+,22-,23+,24+,25-/m1/s1. The Bertz CT molecular complexity index is 845. The Morgan fingerprint density at radius 1 is 1.04 bits per heavy atom. The minimum atomic E-state index is -0.170. The van der Waals surface area contributed by atoms with E-state index >= 15 is 0 Å². The number of hydrogen-bond donors (Lipinski definition) is 2. The molecule has 2 heteroatoms. The third-order valence-corrected chi connectivity index (χ3v) is 8.22. The van der Waals surface area contributed by atoms with Gasteiger partial charge in [-0.2, -0.15) is 0 Å². The first kappa shape index (κ1) is 17.3. The van der Waals surface area contributed by atoms with Gasteiger partial charge in [0.2, 0.25) is 0 Å². The second kappa shape index (κ2) is 6.10. The van der Waals surface area contributed by atoms with Gasteiger partial charge in [0.15, 0.2) is 0 Å². The Kier molecular flexibility index (Phi) is 3.91. The smallest absolute Gasteiger partial charge is 0.115 e. The van der Waals surface area contributed by atoms with E-state index in [0.717, 1.165) is 12.8 Å². The number of aliphatic hydroxyl groups excluding tert-OH is 1. The average Bonchev–Trinajstić information content (AvgIpc) is 2.90. The molecule has 142 valence electrons. The minimum absolute atomic E-state index is 0.170. The van der Waals surface area contributed by atoms with E-state index in [1.807, 2.05) is 12.1 Å². The van der Waals surface area contributed by atoms with Crippen molar-refractivity contribution in [2.24, 2.45) is 23.2 Å². The number of phenols is 1. The van der Waals surface area contributed by atoms with Crippen molar-refractivity contribution < 1.29 is 10.2 Å². The molecule has 2 nitrogen and oxygen atoms in total. The van der Waals surface area contributed by atoms with E-state index in [0.29, 0.717) is 35.3 Å². The SMILES string of the molecule is C[C@H]1[C@H]2[C@H]3[C@H](CC[C@]2(C)C[C@H]1O)c1ccc(O)cc1C[C@H]3c1ccccc1. The number of aliphatic hydroxyl groups is 1. The first-order valence-electron chi connectivity index (χ1n) is 10.5. The van der Waals surface area contributed by atoms with Crippen molar-refractivity contribution in [2.75, 3.05) is 0 Å². The molecule has 0 spiro atoms. The molecule has 5 rings (SSSR count). The zero-order valence-corrected chi connectivity index (χ0v) is 16.3. The van der Waals surface area contributed by atoms with Crippen LogP contribution >= 0.6 is 0 Å². The minimum Gasteiger partial charge on any atom is -0.508 e. The first-order chi connectivity index (χ1) is 13.0. The molecule has 3 aliphatic carbocycles. The highest BCUT2D eigenvalue weighted by molar-refractivity contribution is 5.43. The van der Waals surface area contributed by atoms with Crippen LogP contribution in [0.25, 0.3) is 0 Å². The summed E-state index contributed by atoms with van der Waals surface area (Å²) in [4.78, 5) is 0. The van der Waals surface area contributed by atoms with Crippen LogP contribution < -0.4 is 0 Å². The quantitative estimate of drug-likeness (QED) is 0.727. The molecule has 27 heavy (non-hydrogen) atoms. The number of aromatic hydroxyl groups is 1. The van der Waals surface area contributed by atoms with Gasteiger partial charge in [0, 0.05) is 0 Å². The van der Waals surface area contributed by atoms with Crippen molar-refractivity contribution in [1.82, 2.24) is 0 Å². The maximum absolute atomic E-state index is 10.7. The average molecular weight is 363 g/mol. The van der Waals surface area contributed by atoms with Crippen molar-refractivity contribution in [1.29, 1.82) is 0 Å². The maximum Gasteiger partial charge on any atom is 0.115 e. The lowest BCUT2D eigenvalue weighted by molar-refractivity contribution is 0.0234. The molecule has 2 N–H and O–H groups in total. The van der Waals surface area contributed by atoms with Gasteiger partial charge >= 0.3 is 0 Å². The van der Waals surface area contributed by atoms with E-state index in [1.165, 1.54) is 29.5 Å². The van der Waals surface area contributed by atoms with Crippen molar-refractivity contribution in [3.8, 4) is 5.75 Å². The van der Waals surface area contributed by atoms with E-state index in [1.54, 1.807) is 0 Å². The van der Waals surface area contributed by atoms with Crippen LogP contribution in [0.4, 0.5) is 0 Å². The molecule has 0 aromatic heterocycles. The van der Waals surface area contributed by atoms with Gasteiger partial charge in [-0.1, -0.05) is 50.2 Å². The van der Waals surface area contributed by atoms with E-state index < -0.39 is 0 Å². The van der Waals surface area contributed by atoms with Gasteiger partial charge in [-0.25, -0.2) is 0 Å². The Labute approximate surface area is 162 Å². The van der Waals surface area contributed by atoms with Gasteiger partial charge < -0.3 is 10.2 Å². The molecule has 0 radical (unpaired) electrons. The van der Waals surface area contributed by atoms with Gasteiger partial charge in [0.1, 0.15) is 5.75 Å². The van der Waals surface area contributed by atoms with Crippen molar-refractivity contribution >= 4 is 0 Å². The summed E-state index contributed by atoms with van der Waals surface area (Å²) < 4.78 is 0. The molecule has 0 bridgehead atoms. The van der Waals surface area contributed by atoms with Crippen LogP contribution in [0.1, 0.15) is 61.6 Å². The van der Waals surface area contributed by atoms with Crippen LogP contribution in [0.15, 0.2) is 48.5 Å². The molecule has 2 saturated carbocycles. The number of fused-ring (bicyclic) bond motifs is 5. The summed E-state index contributed by atoms with van der Waals surface area (Å²) in [6.45, 7) is 4.70. The molecule has 3 aliphatic rings. The largest absolute Gasteiger partial charge is 0.508 e. The molecule has 2 fully saturated rings. The highest BCUT2D eigenvalue weighted by atomic mass is 16.3. The van der Waals surface area contributed by atoms with Crippen molar-refractivity contribution in [3.63, 3.8) is 0 Å². The van der Waals surface area contributed by atoms with Gasteiger partial charge in [-0.3, -0.25) is 0 Å². The lowest BCUT2D eigenvalue weighted by Gasteiger charge is -2.53. The van der Waals surface area contributed by atoms with Gasteiger partial charge in [0.25, 0.3) is 0 Å². The van der Waals surface area contributed by atoms with Crippen LogP contribution in [-0.2, 0) is 6.42 Å².